The zero-order valence-corrected chi connectivity index (χ0v) is 12.9. The maximum absolute atomic E-state index is 11.7. The van der Waals surface area contributed by atoms with E-state index in [9.17, 15) is 19.7 Å². The number of hydrogen-bond donors (Lipinski definition) is 2. The highest BCUT2D eigenvalue weighted by Crippen LogP contribution is 2.33. The van der Waals surface area contributed by atoms with Crippen molar-refractivity contribution in [3.8, 4) is 0 Å². The summed E-state index contributed by atoms with van der Waals surface area (Å²) < 4.78 is 0. The standard InChI is InChI=1S/C15H20N4O4/c1-17-15(21)11-4-5-12(13(8-11)19(22)23)18-6-2-3-10(9-18)7-14(16)20/h4-5,8,10H,2-3,6-7,9H2,1H3,(H2,16,20)(H,17,21). The number of nitro groups is 1. The Bertz CT molecular complexity index is 632. The van der Waals surface area contributed by atoms with E-state index in [-0.39, 0.29) is 35.4 Å². The number of carbonyl (C=O) groups excluding carboxylic acids is 2. The Hall–Kier alpha value is -2.64. The lowest BCUT2D eigenvalue weighted by molar-refractivity contribution is -0.384. The monoisotopic (exact) mass is 320 g/mol. The predicted octanol–water partition coefficient (Wildman–Crippen LogP) is 1.05. The fourth-order valence-electron chi connectivity index (χ4n) is 2.96. The number of hydrogen-bond acceptors (Lipinski definition) is 5. The number of benzene rings is 1. The van der Waals surface area contributed by atoms with Crippen LogP contribution in [-0.4, -0.2) is 36.9 Å². The van der Waals surface area contributed by atoms with Crippen LogP contribution < -0.4 is 16.0 Å². The minimum Gasteiger partial charge on any atom is -0.370 e. The van der Waals surface area contributed by atoms with Gasteiger partial charge < -0.3 is 16.0 Å². The van der Waals surface area contributed by atoms with E-state index in [1.54, 1.807) is 12.1 Å². The van der Waals surface area contributed by atoms with E-state index >= 15 is 0 Å². The molecule has 124 valence electrons. The van der Waals surface area contributed by atoms with Crippen molar-refractivity contribution in [2.24, 2.45) is 11.7 Å². The molecule has 1 aliphatic rings. The van der Waals surface area contributed by atoms with Gasteiger partial charge in [-0.3, -0.25) is 19.7 Å². The quantitative estimate of drug-likeness (QED) is 0.621. The summed E-state index contributed by atoms with van der Waals surface area (Å²) in [6, 6.07) is 4.44. The highest BCUT2D eigenvalue weighted by atomic mass is 16.6. The van der Waals surface area contributed by atoms with Crippen molar-refractivity contribution in [2.75, 3.05) is 25.0 Å². The third-order valence-electron chi connectivity index (χ3n) is 4.01. The van der Waals surface area contributed by atoms with Crippen molar-refractivity contribution in [3.05, 3.63) is 33.9 Å². The lowest BCUT2D eigenvalue weighted by Crippen LogP contribution is -2.37. The zero-order valence-electron chi connectivity index (χ0n) is 12.9. The van der Waals surface area contributed by atoms with E-state index in [4.69, 9.17) is 5.73 Å². The van der Waals surface area contributed by atoms with Gasteiger partial charge in [-0.2, -0.15) is 0 Å². The first-order chi connectivity index (χ1) is 10.9. The first-order valence-corrected chi connectivity index (χ1v) is 7.46. The van der Waals surface area contributed by atoms with Crippen LogP contribution in [0.25, 0.3) is 0 Å². The van der Waals surface area contributed by atoms with Crippen LogP contribution in [0.5, 0.6) is 0 Å². The maximum atomic E-state index is 11.7. The first-order valence-electron chi connectivity index (χ1n) is 7.46. The minimum atomic E-state index is -0.487. The molecule has 2 amide bonds. The number of nitrogens with two attached hydrogens (primary N) is 1. The molecular weight excluding hydrogens is 300 g/mol. The van der Waals surface area contributed by atoms with Crippen LogP contribution in [-0.2, 0) is 4.79 Å². The SMILES string of the molecule is CNC(=O)c1ccc(N2CCCC(CC(N)=O)C2)c([N+](=O)[O-])c1. The van der Waals surface area contributed by atoms with E-state index in [0.29, 0.717) is 18.8 Å². The summed E-state index contributed by atoms with van der Waals surface area (Å²) in [4.78, 5) is 35.5. The van der Waals surface area contributed by atoms with Crippen LogP contribution in [0.3, 0.4) is 0 Å². The molecule has 2 rings (SSSR count). The van der Waals surface area contributed by atoms with Crippen LogP contribution in [0.1, 0.15) is 29.6 Å². The Labute approximate surface area is 133 Å². The molecule has 0 bridgehead atoms. The summed E-state index contributed by atoms with van der Waals surface area (Å²) in [5.74, 6) is -0.634. The van der Waals surface area contributed by atoms with Gasteiger partial charge in [0.1, 0.15) is 5.69 Å². The lowest BCUT2D eigenvalue weighted by atomic mass is 9.94. The molecule has 1 aromatic rings. The number of nitrogens with zero attached hydrogens (tertiary/aromatic N) is 2. The minimum absolute atomic E-state index is 0.0967. The molecule has 1 aliphatic heterocycles. The second-order valence-corrected chi connectivity index (χ2v) is 5.66. The van der Waals surface area contributed by atoms with Gasteiger partial charge in [-0.15, -0.1) is 0 Å². The Kier molecular flexibility index (Phi) is 5.15. The highest BCUT2D eigenvalue weighted by Gasteiger charge is 2.27. The maximum Gasteiger partial charge on any atom is 0.293 e. The number of primary amides is 1. The number of anilines is 1. The van der Waals surface area contributed by atoms with E-state index in [1.165, 1.54) is 13.1 Å². The molecule has 3 N–H and O–H groups in total. The number of rotatable bonds is 5. The molecule has 0 saturated carbocycles. The zero-order chi connectivity index (χ0) is 17.0. The molecule has 0 aromatic heterocycles. The topological polar surface area (TPSA) is 119 Å². The van der Waals surface area contributed by atoms with Gasteiger partial charge in [0, 0.05) is 38.2 Å². The highest BCUT2D eigenvalue weighted by molar-refractivity contribution is 5.95. The summed E-state index contributed by atoms with van der Waals surface area (Å²) in [7, 11) is 1.47. The van der Waals surface area contributed by atoms with Gasteiger partial charge in [-0.05, 0) is 30.9 Å². The molecule has 8 heteroatoms. The number of amides is 2. The van der Waals surface area contributed by atoms with Crippen molar-refractivity contribution in [2.45, 2.75) is 19.3 Å². The molecule has 1 unspecified atom stereocenters. The Morgan fingerprint density at radius 3 is 2.83 bits per heavy atom. The fraction of sp³-hybridized carbons (Fsp3) is 0.467. The van der Waals surface area contributed by atoms with Gasteiger partial charge in [0.05, 0.1) is 4.92 Å². The molecule has 0 aliphatic carbocycles. The third kappa shape index (κ3) is 3.97. The van der Waals surface area contributed by atoms with Crippen molar-refractivity contribution >= 4 is 23.2 Å². The average molecular weight is 320 g/mol. The molecule has 0 spiro atoms. The number of piperidine rings is 1. The van der Waals surface area contributed by atoms with Crippen molar-refractivity contribution in [1.29, 1.82) is 0 Å². The second kappa shape index (κ2) is 7.08. The smallest absolute Gasteiger partial charge is 0.293 e. The van der Waals surface area contributed by atoms with E-state index < -0.39 is 4.92 Å². The van der Waals surface area contributed by atoms with Gasteiger partial charge in [0.2, 0.25) is 5.91 Å². The third-order valence-corrected chi connectivity index (χ3v) is 4.01. The molecule has 0 radical (unpaired) electrons. The first kappa shape index (κ1) is 16.7. The van der Waals surface area contributed by atoms with E-state index in [0.717, 1.165) is 12.8 Å². The van der Waals surface area contributed by atoms with Crippen molar-refractivity contribution < 1.29 is 14.5 Å². The van der Waals surface area contributed by atoms with Gasteiger partial charge in [-0.1, -0.05) is 0 Å². The fourth-order valence-corrected chi connectivity index (χ4v) is 2.96. The predicted molar refractivity (Wildman–Crippen MR) is 85.2 cm³/mol. The lowest BCUT2D eigenvalue weighted by Gasteiger charge is -2.33. The number of nitrogens with one attached hydrogen (secondary N) is 1. The largest absolute Gasteiger partial charge is 0.370 e. The molecule has 1 fully saturated rings. The molecule has 1 atom stereocenters. The summed E-state index contributed by atoms with van der Waals surface area (Å²) in [5.41, 5.74) is 5.85. The van der Waals surface area contributed by atoms with Crippen LogP contribution >= 0.6 is 0 Å². The summed E-state index contributed by atoms with van der Waals surface area (Å²) in [6.07, 6.45) is 2.00. The summed E-state index contributed by atoms with van der Waals surface area (Å²) >= 11 is 0. The molecule has 1 heterocycles. The van der Waals surface area contributed by atoms with Gasteiger partial charge in [0.25, 0.3) is 11.6 Å². The molecule has 1 aromatic carbocycles. The molecule has 1 saturated heterocycles. The summed E-state index contributed by atoms with van der Waals surface area (Å²) in [5, 5.41) is 13.8. The normalized spacial score (nSPS) is 17.6. The summed E-state index contributed by atoms with van der Waals surface area (Å²) in [6.45, 7) is 1.22. The average Bonchev–Trinajstić information content (AvgIpc) is 2.53. The van der Waals surface area contributed by atoms with Crippen LogP contribution in [0.2, 0.25) is 0 Å². The molecule has 23 heavy (non-hydrogen) atoms. The van der Waals surface area contributed by atoms with Crippen LogP contribution in [0, 0.1) is 16.0 Å². The number of nitro benzene ring substituents is 1. The Balaban J connectivity index is 2.29. The molecule has 8 nitrogen and oxygen atoms in total. The van der Waals surface area contributed by atoms with Crippen molar-refractivity contribution in [3.63, 3.8) is 0 Å². The van der Waals surface area contributed by atoms with Gasteiger partial charge >= 0.3 is 0 Å². The van der Waals surface area contributed by atoms with E-state index in [1.807, 2.05) is 4.90 Å². The Morgan fingerprint density at radius 1 is 1.48 bits per heavy atom. The number of carbonyl (C=O) groups is 2. The Morgan fingerprint density at radius 2 is 2.22 bits per heavy atom. The van der Waals surface area contributed by atoms with Gasteiger partial charge in [-0.25, -0.2) is 0 Å². The van der Waals surface area contributed by atoms with Crippen LogP contribution in [0.4, 0.5) is 11.4 Å². The van der Waals surface area contributed by atoms with E-state index in [2.05, 4.69) is 5.32 Å². The second-order valence-electron chi connectivity index (χ2n) is 5.66. The molecular formula is C15H20N4O4. The van der Waals surface area contributed by atoms with Crippen LogP contribution in [0.15, 0.2) is 18.2 Å². The van der Waals surface area contributed by atoms with Gasteiger partial charge in [0.15, 0.2) is 0 Å². The van der Waals surface area contributed by atoms with Crippen molar-refractivity contribution in [1.82, 2.24) is 5.32 Å².